The Hall–Kier alpha value is -1.62. The van der Waals surface area contributed by atoms with Gasteiger partial charge in [0.25, 0.3) is 5.91 Å². The topological polar surface area (TPSA) is 69.6 Å². The predicted octanol–water partition coefficient (Wildman–Crippen LogP) is 1.67. The summed E-state index contributed by atoms with van der Waals surface area (Å²) in [6.07, 6.45) is -0.127. The molecule has 0 saturated heterocycles. The second-order valence-electron chi connectivity index (χ2n) is 4.49. The van der Waals surface area contributed by atoms with Gasteiger partial charge in [0.1, 0.15) is 17.1 Å². The average molecular weight is 255 g/mol. The summed E-state index contributed by atoms with van der Waals surface area (Å²) >= 11 is 0. The first kappa shape index (κ1) is 14.4. The molecule has 0 unspecified atom stereocenters. The molecule has 3 N–H and O–H groups in total. The number of aliphatic hydroxyl groups is 1. The summed E-state index contributed by atoms with van der Waals surface area (Å²) < 4.78 is 13.3. The van der Waals surface area contributed by atoms with Gasteiger partial charge in [-0.15, -0.1) is 0 Å². The number of carbonyl (C=O) groups excluding carboxylic acids is 1. The molecule has 0 spiro atoms. The second-order valence-corrected chi connectivity index (χ2v) is 4.49. The number of nitrogens with one attached hydrogen (secondary N) is 1. The molecule has 0 aliphatic rings. The van der Waals surface area contributed by atoms with Crippen LogP contribution in [0.2, 0.25) is 0 Å². The van der Waals surface area contributed by atoms with Crippen LogP contribution in [0.4, 0.5) is 4.39 Å². The summed E-state index contributed by atoms with van der Waals surface area (Å²) in [6.45, 7) is 3.97. The van der Waals surface area contributed by atoms with Crippen LogP contribution in [-0.2, 0) is 0 Å². The van der Waals surface area contributed by atoms with E-state index in [-0.39, 0.29) is 18.0 Å². The fourth-order valence-corrected chi connectivity index (χ4v) is 1.49. The van der Waals surface area contributed by atoms with Crippen molar-refractivity contribution in [1.82, 2.24) is 5.32 Å². The van der Waals surface area contributed by atoms with Crippen molar-refractivity contribution < 1.29 is 19.4 Å². The van der Waals surface area contributed by atoms with Gasteiger partial charge in [-0.1, -0.05) is 19.9 Å². The smallest absolute Gasteiger partial charge is 0.258 e. The first-order valence-electron chi connectivity index (χ1n) is 5.87. The molecular formula is C13H18FNO3. The maximum atomic E-state index is 13.3. The first-order chi connectivity index (χ1) is 8.43. The predicted molar refractivity (Wildman–Crippen MR) is 65.9 cm³/mol. The third kappa shape index (κ3) is 3.70. The molecule has 0 radical (unpaired) electrons. The van der Waals surface area contributed by atoms with Crippen molar-refractivity contribution in [3.63, 3.8) is 0 Å². The van der Waals surface area contributed by atoms with Crippen LogP contribution >= 0.6 is 0 Å². The van der Waals surface area contributed by atoms with E-state index >= 15 is 0 Å². The molecule has 4 nitrogen and oxygen atoms in total. The lowest BCUT2D eigenvalue weighted by Crippen LogP contribution is -2.29. The summed E-state index contributed by atoms with van der Waals surface area (Å²) in [5.74, 6) is -1.74. The van der Waals surface area contributed by atoms with Crippen LogP contribution in [0.3, 0.4) is 0 Å². The number of amides is 1. The molecule has 0 aliphatic heterocycles. The number of aromatic hydroxyl groups is 1. The third-order valence-electron chi connectivity index (χ3n) is 2.71. The lowest BCUT2D eigenvalue weighted by molar-refractivity contribution is 0.0914. The molecule has 5 heteroatoms. The van der Waals surface area contributed by atoms with Gasteiger partial charge in [-0.2, -0.15) is 0 Å². The summed E-state index contributed by atoms with van der Waals surface area (Å²) in [4.78, 5) is 11.6. The number of halogens is 1. The van der Waals surface area contributed by atoms with Crippen molar-refractivity contribution in [2.45, 2.75) is 26.4 Å². The summed E-state index contributed by atoms with van der Waals surface area (Å²) in [5, 5.41) is 21.4. The van der Waals surface area contributed by atoms with Gasteiger partial charge in [0.2, 0.25) is 0 Å². The van der Waals surface area contributed by atoms with E-state index in [1.165, 1.54) is 12.1 Å². The van der Waals surface area contributed by atoms with Crippen molar-refractivity contribution in [3.8, 4) is 5.75 Å². The molecule has 1 atom stereocenters. The van der Waals surface area contributed by atoms with E-state index in [0.29, 0.717) is 6.42 Å². The Bertz CT molecular complexity index is 400. The molecule has 0 aliphatic carbocycles. The van der Waals surface area contributed by atoms with Gasteiger partial charge in [-0.25, -0.2) is 4.39 Å². The number of phenolic OH excluding ortho intramolecular Hbond substituents is 1. The van der Waals surface area contributed by atoms with Gasteiger partial charge < -0.3 is 15.5 Å². The molecule has 100 valence electrons. The van der Waals surface area contributed by atoms with Crippen molar-refractivity contribution in [2.75, 3.05) is 6.54 Å². The maximum absolute atomic E-state index is 13.3. The zero-order valence-corrected chi connectivity index (χ0v) is 10.5. The van der Waals surface area contributed by atoms with E-state index in [1.807, 2.05) is 13.8 Å². The van der Waals surface area contributed by atoms with Gasteiger partial charge in [0, 0.05) is 6.54 Å². The quantitative estimate of drug-likeness (QED) is 0.749. The van der Waals surface area contributed by atoms with Crippen LogP contribution in [0, 0.1) is 11.7 Å². The zero-order chi connectivity index (χ0) is 13.7. The van der Waals surface area contributed by atoms with Gasteiger partial charge in [0.15, 0.2) is 0 Å². The van der Waals surface area contributed by atoms with Crippen molar-refractivity contribution in [1.29, 1.82) is 0 Å². The molecule has 18 heavy (non-hydrogen) atoms. The number of hydrogen-bond acceptors (Lipinski definition) is 3. The number of aliphatic hydroxyl groups excluding tert-OH is 1. The second kappa shape index (κ2) is 6.35. The Kier molecular flexibility index (Phi) is 5.09. The van der Waals surface area contributed by atoms with E-state index in [2.05, 4.69) is 5.32 Å². The highest BCUT2D eigenvalue weighted by Gasteiger charge is 2.16. The van der Waals surface area contributed by atoms with Crippen LogP contribution in [0.5, 0.6) is 5.75 Å². The van der Waals surface area contributed by atoms with Gasteiger partial charge in [-0.3, -0.25) is 4.79 Å². The monoisotopic (exact) mass is 255 g/mol. The highest BCUT2D eigenvalue weighted by atomic mass is 19.1. The molecule has 0 bridgehead atoms. The van der Waals surface area contributed by atoms with Crippen molar-refractivity contribution in [2.24, 2.45) is 5.92 Å². The van der Waals surface area contributed by atoms with Crippen molar-refractivity contribution in [3.05, 3.63) is 29.6 Å². The van der Waals surface area contributed by atoms with Crippen LogP contribution < -0.4 is 5.32 Å². The fraction of sp³-hybridized carbons (Fsp3) is 0.462. The van der Waals surface area contributed by atoms with E-state index in [4.69, 9.17) is 0 Å². The molecule has 0 saturated carbocycles. The zero-order valence-electron chi connectivity index (χ0n) is 10.5. The Balaban J connectivity index is 2.56. The van der Waals surface area contributed by atoms with Crippen molar-refractivity contribution >= 4 is 5.91 Å². The molecule has 0 aromatic heterocycles. The standard InChI is InChI=1S/C13H18FNO3/c1-8(2)10(16)6-7-15-13(18)12-9(14)4-3-5-11(12)17/h3-5,8,10,16-17H,6-7H2,1-2H3,(H,15,18)/t10-/m0/s1. The molecule has 1 aromatic carbocycles. The number of carbonyl (C=O) groups is 1. The van der Waals surface area contributed by atoms with E-state index in [1.54, 1.807) is 0 Å². The normalized spacial score (nSPS) is 12.5. The molecule has 1 aromatic rings. The Labute approximate surface area is 105 Å². The van der Waals surface area contributed by atoms with Crippen LogP contribution in [0.25, 0.3) is 0 Å². The van der Waals surface area contributed by atoms with Gasteiger partial charge >= 0.3 is 0 Å². The summed E-state index contributed by atoms with van der Waals surface area (Å²) in [7, 11) is 0. The summed E-state index contributed by atoms with van der Waals surface area (Å²) in [6, 6.07) is 3.68. The highest BCUT2D eigenvalue weighted by molar-refractivity contribution is 5.97. The Morgan fingerprint density at radius 3 is 2.67 bits per heavy atom. The molecule has 1 amide bonds. The minimum absolute atomic E-state index is 0.101. The van der Waals surface area contributed by atoms with Gasteiger partial charge in [0.05, 0.1) is 6.10 Å². The Morgan fingerprint density at radius 2 is 2.11 bits per heavy atom. The molecule has 1 rings (SSSR count). The first-order valence-corrected chi connectivity index (χ1v) is 5.87. The highest BCUT2D eigenvalue weighted by Crippen LogP contribution is 2.19. The third-order valence-corrected chi connectivity index (χ3v) is 2.71. The van der Waals surface area contributed by atoms with E-state index in [9.17, 15) is 19.4 Å². The largest absolute Gasteiger partial charge is 0.507 e. The molecule has 0 fully saturated rings. The molecular weight excluding hydrogens is 237 g/mol. The van der Waals surface area contributed by atoms with Crippen LogP contribution in [0.1, 0.15) is 30.6 Å². The average Bonchev–Trinajstić information content (AvgIpc) is 2.28. The minimum Gasteiger partial charge on any atom is -0.507 e. The molecule has 0 heterocycles. The SMILES string of the molecule is CC(C)[C@@H](O)CCNC(=O)c1c(O)cccc1F. The lowest BCUT2D eigenvalue weighted by Gasteiger charge is -2.14. The van der Waals surface area contributed by atoms with Gasteiger partial charge in [-0.05, 0) is 24.5 Å². The fourth-order valence-electron chi connectivity index (χ4n) is 1.49. The van der Waals surface area contributed by atoms with Crippen LogP contribution in [-0.4, -0.2) is 28.8 Å². The Morgan fingerprint density at radius 1 is 1.44 bits per heavy atom. The lowest BCUT2D eigenvalue weighted by atomic mass is 10.0. The number of benzene rings is 1. The number of rotatable bonds is 5. The summed E-state index contributed by atoms with van der Waals surface area (Å²) in [5.41, 5.74) is -0.364. The number of phenols is 1. The number of hydrogen-bond donors (Lipinski definition) is 3. The minimum atomic E-state index is -0.767. The van der Waals surface area contributed by atoms with Crippen LogP contribution in [0.15, 0.2) is 18.2 Å². The van der Waals surface area contributed by atoms with E-state index < -0.39 is 23.6 Å². The van der Waals surface area contributed by atoms with E-state index in [0.717, 1.165) is 6.07 Å². The maximum Gasteiger partial charge on any atom is 0.258 e.